The molecule has 0 aliphatic carbocycles. The van der Waals surface area contributed by atoms with Crippen LogP contribution >= 0.6 is 23.8 Å². The Morgan fingerprint density at radius 2 is 1.58 bits per heavy atom. The predicted molar refractivity (Wildman–Crippen MR) is 136 cm³/mol. The van der Waals surface area contributed by atoms with Crippen LogP contribution in [0.15, 0.2) is 72.8 Å². The zero-order valence-corrected chi connectivity index (χ0v) is 19.8. The first kappa shape index (κ1) is 24.2. The Morgan fingerprint density at radius 3 is 2.24 bits per heavy atom. The lowest BCUT2D eigenvalue weighted by atomic mass is 10.2. The van der Waals surface area contributed by atoms with Crippen LogP contribution in [0.25, 0.3) is 0 Å². The zero-order chi connectivity index (χ0) is 23.8. The van der Waals surface area contributed by atoms with Crippen LogP contribution in [0.2, 0.25) is 5.02 Å². The summed E-state index contributed by atoms with van der Waals surface area (Å²) in [4.78, 5) is 24.9. The number of benzene rings is 3. The molecule has 0 heterocycles. The molecule has 2 amide bonds. The van der Waals surface area contributed by atoms with Crippen molar-refractivity contribution in [3.63, 3.8) is 0 Å². The number of nitrogens with one attached hydrogen (secondary N) is 3. The van der Waals surface area contributed by atoms with Gasteiger partial charge in [-0.3, -0.25) is 14.9 Å². The van der Waals surface area contributed by atoms with E-state index >= 15 is 0 Å². The summed E-state index contributed by atoms with van der Waals surface area (Å²) in [5, 5.41) is 9.03. The molecule has 0 spiro atoms. The second kappa shape index (κ2) is 11.4. The normalized spacial score (nSPS) is 11.2. The topological polar surface area (TPSA) is 79.5 Å². The number of thiocarbonyl (C=S) groups is 1. The molecule has 0 fully saturated rings. The van der Waals surface area contributed by atoms with Crippen molar-refractivity contribution >= 4 is 52.1 Å². The summed E-state index contributed by atoms with van der Waals surface area (Å²) in [7, 11) is 0. The van der Waals surface area contributed by atoms with Gasteiger partial charge in [-0.25, -0.2) is 0 Å². The first-order chi connectivity index (χ1) is 15.8. The van der Waals surface area contributed by atoms with Gasteiger partial charge in [0.05, 0.1) is 6.10 Å². The van der Waals surface area contributed by atoms with Gasteiger partial charge in [0.1, 0.15) is 5.75 Å². The third-order valence-corrected chi connectivity index (χ3v) is 5.16. The number of ether oxygens (including phenoxy) is 1. The lowest BCUT2D eigenvalue weighted by molar-refractivity contribution is 0.0976. The highest BCUT2D eigenvalue weighted by Crippen LogP contribution is 2.18. The third-order valence-electron chi connectivity index (χ3n) is 4.72. The fourth-order valence-electron chi connectivity index (χ4n) is 2.85. The number of rotatable bonds is 7. The van der Waals surface area contributed by atoms with E-state index < -0.39 is 0 Å². The predicted octanol–water partition coefficient (Wildman–Crippen LogP) is 5.90. The molecule has 0 aliphatic rings. The first-order valence-corrected chi connectivity index (χ1v) is 11.2. The first-order valence-electron chi connectivity index (χ1n) is 10.4. The minimum absolute atomic E-state index is 0.104. The fraction of sp³-hybridized carbons (Fsp3) is 0.160. The van der Waals surface area contributed by atoms with Crippen molar-refractivity contribution in [3.05, 3.63) is 88.9 Å². The molecule has 3 aromatic rings. The molecular formula is C25H24ClN3O3S. The van der Waals surface area contributed by atoms with Crippen LogP contribution in [-0.4, -0.2) is 23.0 Å². The van der Waals surface area contributed by atoms with Crippen molar-refractivity contribution in [2.45, 2.75) is 26.4 Å². The summed E-state index contributed by atoms with van der Waals surface area (Å²) < 4.78 is 5.72. The number of halogens is 1. The van der Waals surface area contributed by atoms with Gasteiger partial charge in [0.2, 0.25) is 0 Å². The van der Waals surface area contributed by atoms with Crippen molar-refractivity contribution in [1.82, 2.24) is 5.32 Å². The molecule has 0 radical (unpaired) electrons. The lowest BCUT2D eigenvalue weighted by Gasteiger charge is -2.13. The van der Waals surface area contributed by atoms with Gasteiger partial charge in [0.25, 0.3) is 11.8 Å². The van der Waals surface area contributed by atoms with E-state index in [1.54, 1.807) is 72.8 Å². The summed E-state index contributed by atoms with van der Waals surface area (Å²) >= 11 is 11.2. The van der Waals surface area contributed by atoms with E-state index in [2.05, 4.69) is 16.0 Å². The smallest absolute Gasteiger partial charge is 0.257 e. The van der Waals surface area contributed by atoms with Crippen molar-refractivity contribution in [2.75, 3.05) is 10.6 Å². The molecule has 0 aromatic heterocycles. The molecule has 6 nitrogen and oxygen atoms in total. The van der Waals surface area contributed by atoms with Crippen LogP contribution in [0.5, 0.6) is 5.75 Å². The summed E-state index contributed by atoms with van der Waals surface area (Å²) in [5.74, 6) is 0.0810. The van der Waals surface area contributed by atoms with Crippen LogP contribution in [0.3, 0.4) is 0 Å². The van der Waals surface area contributed by atoms with E-state index in [0.717, 1.165) is 6.42 Å². The molecular weight excluding hydrogens is 458 g/mol. The highest BCUT2D eigenvalue weighted by molar-refractivity contribution is 7.80. The Hall–Kier alpha value is -3.42. The van der Waals surface area contributed by atoms with E-state index in [4.69, 9.17) is 28.6 Å². The van der Waals surface area contributed by atoms with Crippen LogP contribution in [-0.2, 0) is 0 Å². The molecule has 1 unspecified atom stereocenters. The molecule has 3 N–H and O–H groups in total. The molecule has 1 atom stereocenters. The number of hydrogen-bond acceptors (Lipinski definition) is 4. The molecule has 0 aliphatic heterocycles. The van der Waals surface area contributed by atoms with E-state index in [1.807, 2.05) is 13.8 Å². The summed E-state index contributed by atoms with van der Waals surface area (Å²) in [6, 6.07) is 20.5. The average molecular weight is 482 g/mol. The minimum atomic E-state index is -0.340. The van der Waals surface area contributed by atoms with E-state index in [0.29, 0.717) is 33.3 Å². The van der Waals surface area contributed by atoms with Gasteiger partial charge in [-0.2, -0.15) is 0 Å². The van der Waals surface area contributed by atoms with Crippen LogP contribution in [0.1, 0.15) is 41.0 Å². The summed E-state index contributed by atoms with van der Waals surface area (Å²) in [6.07, 6.45) is 1.00. The van der Waals surface area contributed by atoms with Crippen molar-refractivity contribution in [2.24, 2.45) is 0 Å². The molecule has 0 saturated carbocycles. The maximum Gasteiger partial charge on any atom is 0.257 e. The lowest BCUT2D eigenvalue weighted by Crippen LogP contribution is -2.34. The average Bonchev–Trinajstić information content (AvgIpc) is 2.79. The van der Waals surface area contributed by atoms with Gasteiger partial charge in [-0.05, 0) is 86.2 Å². The largest absolute Gasteiger partial charge is 0.491 e. The molecule has 3 rings (SSSR count). The number of carbonyl (C=O) groups is 2. The number of anilines is 2. The van der Waals surface area contributed by atoms with Gasteiger partial charge in [0.15, 0.2) is 5.11 Å². The van der Waals surface area contributed by atoms with Crippen LogP contribution in [0.4, 0.5) is 11.4 Å². The Bertz CT molecular complexity index is 1150. The third kappa shape index (κ3) is 7.30. The van der Waals surface area contributed by atoms with Crippen molar-refractivity contribution < 1.29 is 14.3 Å². The van der Waals surface area contributed by atoms with Gasteiger partial charge in [0, 0.05) is 27.5 Å². The molecule has 170 valence electrons. The Labute approximate surface area is 203 Å². The highest BCUT2D eigenvalue weighted by atomic mass is 35.5. The summed E-state index contributed by atoms with van der Waals surface area (Å²) in [6.45, 7) is 4.03. The number of amides is 2. The van der Waals surface area contributed by atoms with E-state index in [-0.39, 0.29) is 23.0 Å². The maximum atomic E-state index is 12.5. The van der Waals surface area contributed by atoms with Crippen LogP contribution < -0.4 is 20.7 Å². The van der Waals surface area contributed by atoms with Crippen LogP contribution in [0, 0.1) is 0 Å². The molecule has 33 heavy (non-hydrogen) atoms. The SMILES string of the molecule is CCC(C)Oc1ccc(C(=O)NC(=S)Nc2cccc(NC(=O)c3cccc(Cl)c3)c2)cc1. The number of carbonyl (C=O) groups excluding carboxylic acids is 2. The highest BCUT2D eigenvalue weighted by Gasteiger charge is 2.10. The quantitative estimate of drug-likeness (QED) is 0.366. The van der Waals surface area contributed by atoms with E-state index in [1.165, 1.54) is 0 Å². The second-order valence-electron chi connectivity index (χ2n) is 7.31. The monoisotopic (exact) mass is 481 g/mol. The standard InChI is InChI=1S/C25H24ClN3O3S/c1-3-16(2)32-22-12-10-17(11-13-22)23(30)29-25(33)28-21-9-5-8-20(15-21)27-24(31)18-6-4-7-19(26)14-18/h4-16H,3H2,1-2H3,(H,27,31)(H2,28,29,30,33). The van der Waals surface area contributed by atoms with Gasteiger partial charge in [-0.15, -0.1) is 0 Å². The minimum Gasteiger partial charge on any atom is -0.491 e. The maximum absolute atomic E-state index is 12.5. The van der Waals surface area contributed by atoms with E-state index in [9.17, 15) is 9.59 Å². The number of hydrogen-bond donors (Lipinski definition) is 3. The van der Waals surface area contributed by atoms with Gasteiger partial charge < -0.3 is 15.4 Å². The fourth-order valence-corrected chi connectivity index (χ4v) is 3.25. The van der Waals surface area contributed by atoms with Gasteiger partial charge >= 0.3 is 0 Å². The Balaban J connectivity index is 1.57. The Morgan fingerprint density at radius 1 is 0.909 bits per heavy atom. The molecule has 8 heteroatoms. The molecule has 3 aromatic carbocycles. The summed E-state index contributed by atoms with van der Waals surface area (Å²) in [5.41, 5.74) is 2.08. The van der Waals surface area contributed by atoms with Crippen molar-refractivity contribution in [1.29, 1.82) is 0 Å². The second-order valence-corrected chi connectivity index (χ2v) is 8.16. The van der Waals surface area contributed by atoms with Crippen molar-refractivity contribution in [3.8, 4) is 5.75 Å². The zero-order valence-electron chi connectivity index (χ0n) is 18.2. The molecule has 0 bridgehead atoms. The van der Waals surface area contributed by atoms with Gasteiger partial charge in [-0.1, -0.05) is 30.7 Å². The molecule has 0 saturated heterocycles. The Kier molecular flexibility index (Phi) is 8.40.